The Morgan fingerprint density at radius 2 is 1.69 bits per heavy atom. The predicted molar refractivity (Wildman–Crippen MR) is 112 cm³/mol. The van der Waals surface area contributed by atoms with Crippen molar-refractivity contribution in [2.45, 2.75) is 37.4 Å². The van der Waals surface area contributed by atoms with Gasteiger partial charge < -0.3 is 0 Å². The average Bonchev–Trinajstić information content (AvgIpc) is 3.08. The van der Waals surface area contributed by atoms with E-state index in [1.165, 1.54) is 22.9 Å². The number of hydrogen-bond donors (Lipinski definition) is 0. The fourth-order valence-electron chi connectivity index (χ4n) is 2.55. The topological polar surface area (TPSA) is 30.0 Å². The first-order valence-electron chi connectivity index (χ1n) is 8.62. The van der Waals surface area contributed by atoms with Gasteiger partial charge in [-0.05, 0) is 17.9 Å². The number of thiazole rings is 1. The van der Waals surface area contributed by atoms with Crippen LogP contribution in [0.5, 0.6) is 0 Å². The van der Waals surface area contributed by atoms with Crippen molar-refractivity contribution in [3.05, 3.63) is 70.6 Å². The van der Waals surface area contributed by atoms with Crippen LogP contribution < -0.4 is 0 Å². The summed E-state index contributed by atoms with van der Waals surface area (Å²) in [5.41, 5.74) is 5.43. The Hall–Kier alpha value is -1.91. The van der Waals surface area contributed by atoms with Crippen LogP contribution in [0.2, 0.25) is 0 Å². The Morgan fingerprint density at radius 1 is 1.04 bits per heavy atom. The van der Waals surface area contributed by atoms with Crippen molar-refractivity contribution in [3.63, 3.8) is 0 Å². The van der Waals surface area contributed by atoms with Crippen LogP contribution in [-0.4, -0.2) is 16.5 Å². The van der Waals surface area contributed by atoms with E-state index >= 15 is 0 Å². The fourth-order valence-corrected chi connectivity index (χ4v) is 4.28. The van der Waals surface area contributed by atoms with Gasteiger partial charge >= 0.3 is 0 Å². The van der Waals surface area contributed by atoms with Gasteiger partial charge in [-0.1, -0.05) is 86.6 Å². The number of thioether (sulfide) groups is 1. The number of nitrogens with zero attached hydrogens (tertiary/aromatic N) is 1. The number of benzene rings is 2. The van der Waals surface area contributed by atoms with E-state index in [9.17, 15) is 4.79 Å². The van der Waals surface area contributed by atoms with E-state index < -0.39 is 0 Å². The number of hydrogen-bond acceptors (Lipinski definition) is 4. The van der Waals surface area contributed by atoms with E-state index in [4.69, 9.17) is 0 Å². The molecule has 0 aliphatic heterocycles. The second-order valence-electron chi connectivity index (χ2n) is 7.40. The van der Waals surface area contributed by atoms with Gasteiger partial charge in [-0.25, -0.2) is 4.98 Å². The second kappa shape index (κ2) is 7.77. The zero-order valence-electron chi connectivity index (χ0n) is 15.6. The molecule has 0 atom stereocenters. The molecule has 0 spiro atoms. The molecule has 1 heterocycles. The number of rotatable bonds is 5. The number of ketones is 1. The van der Waals surface area contributed by atoms with Crippen molar-refractivity contribution < 1.29 is 4.79 Å². The first-order chi connectivity index (χ1) is 12.3. The second-order valence-corrected chi connectivity index (χ2v) is 9.48. The van der Waals surface area contributed by atoms with Gasteiger partial charge in [0.1, 0.15) is 0 Å². The molecule has 1 aromatic heterocycles. The maximum absolute atomic E-state index is 12.4. The molecule has 26 heavy (non-hydrogen) atoms. The van der Waals surface area contributed by atoms with Crippen LogP contribution in [-0.2, 0) is 5.41 Å². The summed E-state index contributed by atoms with van der Waals surface area (Å²) < 4.78 is 0.931. The van der Waals surface area contributed by atoms with Crippen molar-refractivity contribution in [3.8, 4) is 11.3 Å². The van der Waals surface area contributed by atoms with Gasteiger partial charge in [0, 0.05) is 16.5 Å². The molecule has 0 N–H and O–H groups in total. The van der Waals surface area contributed by atoms with Gasteiger partial charge in [-0.3, -0.25) is 4.79 Å². The van der Waals surface area contributed by atoms with E-state index in [1.807, 2.05) is 12.1 Å². The van der Waals surface area contributed by atoms with Crippen molar-refractivity contribution in [2.24, 2.45) is 0 Å². The third-order valence-electron chi connectivity index (χ3n) is 4.23. The molecule has 134 valence electrons. The Balaban J connectivity index is 1.62. The van der Waals surface area contributed by atoms with E-state index in [0.29, 0.717) is 5.75 Å². The molecule has 0 aliphatic rings. The summed E-state index contributed by atoms with van der Waals surface area (Å²) in [6.07, 6.45) is 0. The summed E-state index contributed by atoms with van der Waals surface area (Å²) in [6, 6.07) is 16.3. The van der Waals surface area contributed by atoms with Crippen LogP contribution >= 0.6 is 23.1 Å². The zero-order chi connectivity index (χ0) is 18.7. The molecule has 4 heteroatoms. The molecule has 2 nitrogen and oxygen atoms in total. The maximum Gasteiger partial charge on any atom is 0.173 e. The smallest absolute Gasteiger partial charge is 0.173 e. The molecule has 3 rings (SSSR count). The van der Waals surface area contributed by atoms with Crippen LogP contribution in [0.4, 0.5) is 0 Å². The summed E-state index contributed by atoms with van der Waals surface area (Å²) in [6.45, 7) is 8.60. The summed E-state index contributed by atoms with van der Waals surface area (Å²) >= 11 is 3.10. The highest BCUT2D eigenvalue weighted by Crippen LogP contribution is 2.29. The molecule has 3 aromatic rings. The van der Waals surface area contributed by atoms with Gasteiger partial charge in [0.05, 0.1) is 11.4 Å². The van der Waals surface area contributed by atoms with E-state index in [1.54, 1.807) is 11.3 Å². The minimum atomic E-state index is 0.101. The van der Waals surface area contributed by atoms with Gasteiger partial charge in [0.2, 0.25) is 0 Å². The summed E-state index contributed by atoms with van der Waals surface area (Å²) in [4.78, 5) is 17.1. The summed E-state index contributed by atoms with van der Waals surface area (Å²) in [5, 5.41) is 2.05. The van der Waals surface area contributed by atoms with Crippen LogP contribution in [0, 0.1) is 6.92 Å². The lowest BCUT2D eigenvalue weighted by Gasteiger charge is -2.18. The van der Waals surface area contributed by atoms with Crippen molar-refractivity contribution in [2.75, 3.05) is 5.75 Å². The molecule has 2 aromatic carbocycles. The number of aromatic nitrogens is 1. The van der Waals surface area contributed by atoms with E-state index in [-0.39, 0.29) is 11.2 Å². The summed E-state index contributed by atoms with van der Waals surface area (Å²) in [5.74, 6) is 0.554. The minimum Gasteiger partial charge on any atom is -0.293 e. The molecular weight excluding hydrogens is 358 g/mol. The largest absolute Gasteiger partial charge is 0.293 e. The van der Waals surface area contributed by atoms with E-state index in [0.717, 1.165) is 21.2 Å². The third-order valence-corrected chi connectivity index (χ3v) is 6.25. The number of carbonyl (C=O) groups excluding carboxylic acids is 1. The highest BCUT2D eigenvalue weighted by Gasteiger charge is 2.15. The predicted octanol–water partition coefficient (Wildman–Crippen LogP) is 6.39. The lowest BCUT2D eigenvalue weighted by Crippen LogP contribution is -2.11. The fraction of sp³-hybridized carbons (Fsp3) is 0.273. The Kier molecular flexibility index (Phi) is 5.64. The minimum absolute atomic E-state index is 0.101. The average molecular weight is 382 g/mol. The summed E-state index contributed by atoms with van der Waals surface area (Å²) in [7, 11) is 0. The number of Topliss-reactive ketones (excluding diaryl/α,β-unsaturated/α-hetero) is 1. The molecule has 0 saturated heterocycles. The Morgan fingerprint density at radius 3 is 2.31 bits per heavy atom. The number of aryl methyl sites for hydroxylation is 1. The van der Waals surface area contributed by atoms with E-state index in [2.05, 4.69) is 74.5 Å². The van der Waals surface area contributed by atoms with Gasteiger partial charge in [-0.15, -0.1) is 11.3 Å². The molecular formula is C22H23NOS2. The van der Waals surface area contributed by atoms with Gasteiger partial charge in [0.15, 0.2) is 10.1 Å². The SMILES string of the molecule is Cc1ccc(-c2csc(SCC(=O)c3ccc(C(C)(C)C)cc3)n2)cc1. The van der Waals surface area contributed by atoms with Crippen LogP contribution in [0.15, 0.2) is 58.3 Å². The molecule has 0 saturated carbocycles. The lowest BCUT2D eigenvalue weighted by atomic mass is 9.86. The molecule has 0 unspecified atom stereocenters. The number of carbonyl (C=O) groups is 1. The van der Waals surface area contributed by atoms with Crippen molar-refractivity contribution >= 4 is 28.9 Å². The quantitative estimate of drug-likeness (QED) is 0.379. The van der Waals surface area contributed by atoms with Crippen LogP contribution in [0.25, 0.3) is 11.3 Å². The standard InChI is InChI=1S/C22H23NOS2/c1-15-5-7-16(8-6-15)19-13-25-21(23-19)26-14-20(24)17-9-11-18(12-10-17)22(2,3)4/h5-13H,14H2,1-4H3. The Bertz CT molecular complexity index is 887. The molecule has 0 fully saturated rings. The highest BCUT2D eigenvalue weighted by atomic mass is 32.2. The van der Waals surface area contributed by atoms with Gasteiger partial charge in [-0.2, -0.15) is 0 Å². The Labute approximate surface area is 163 Å². The molecule has 0 amide bonds. The molecule has 0 bridgehead atoms. The van der Waals surface area contributed by atoms with Crippen LogP contribution in [0.1, 0.15) is 42.3 Å². The zero-order valence-corrected chi connectivity index (χ0v) is 17.2. The first-order valence-corrected chi connectivity index (χ1v) is 10.5. The lowest BCUT2D eigenvalue weighted by molar-refractivity contribution is 0.102. The van der Waals surface area contributed by atoms with Gasteiger partial charge in [0.25, 0.3) is 0 Å². The first kappa shape index (κ1) is 18.9. The molecule has 0 radical (unpaired) electrons. The third kappa shape index (κ3) is 4.63. The van der Waals surface area contributed by atoms with Crippen LogP contribution in [0.3, 0.4) is 0 Å². The maximum atomic E-state index is 12.4. The normalized spacial score (nSPS) is 11.5. The molecule has 0 aliphatic carbocycles. The van der Waals surface area contributed by atoms with Crippen molar-refractivity contribution in [1.29, 1.82) is 0 Å². The monoisotopic (exact) mass is 381 g/mol. The van der Waals surface area contributed by atoms with Crippen molar-refractivity contribution in [1.82, 2.24) is 4.98 Å². The highest BCUT2D eigenvalue weighted by molar-refractivity contribution is 8.01.